The van der Waals surface area contributed by atoms with Crippen LogP contribution >= 0.6 is 11.6 Å². The van der Waals surface area contributed by atoms with Crippen LogP contribution in [0.1, 0.15) is 24.1 Å². The normalized spacial score (nSPS) is 16.8. The Morgan fingerprint density at radius 1 is 1.11 bits per heavy atom. The Hall–Kier alpha value is -2.34. The Morgan fingerprint density at radius 3 is 2.63 bits per heavy atom. The average Bonchev–Trinajstić information content (AvgIpc) is 2.72. The fraction of sp³-hybridized carbons (Fsp3) is 0.450. The smallest absolute Gasteiger partial charge is 0.317 e. The van der Waals surface area contributed by atoms with E-state index in [4.69, 9.17) is 21.6 Å². The number of piperazine rings is 1. The maximum absolute atomic E-state index is 11.9. The number of urea groups is 1. The largest absolute Gasteiger partial charge is 0.353 e. The van der Waals surface area contributed by atoms with Gasteiger partial charge in [0.05, 0.1) is 0 Å². The maximum atomic E-state index is 11.9. The van der Waals surface area contributed by atoms with E-state index in [0.717, 1.165) is 48.8 Å². The molecule has 2 aliphatic rings. The molecule has 142 valence electrons. The van der Waals surface area contributed by atoms with Crippen molar-refractivity contribution >= 4 is 23.4 Å². The number of fused-ring (bicyclic) bond motifs is 1. The van der Waals surface area contributed by atoms with Crippen LogP contribution in [0.2, 0.25) is 5.02 Å². The number of nitrogens with one attached hydrogen (secondary N) is 1. The van der Waals surface area contributed by atoms with Crippen molar-refractivity contribution in [2.75, 3.05) is 38.1 Å². The van der Waals surface area contributed by atoms with Crippen LogP contribution in [0.5, 0.6) is 0 Å². The molecule has 27 heavy (non-hydrogen) atoms. The first kappa shape index (κ1) is 18.0. The second kappa shape index (κ2) is 7.72. The molecule has 0 atom stereocenters. The van der Waals surface area contributed by atoms with Gasteiger partial charge in [0.1, 0.15) is 5.82 Å². The first-order valence-electron chi connectivity index (χ1n) is 9.53. The summed E-state index contributed by atoms with van der Waals surface area (Å²) in [7, 11) is 1.67. The number of amides is 2. The molecule has 2 heterocycles. The van der Waals surface area contributed by atoms with E-state index in [2.05, 4.69) is 10.2 Å². The molecule has 1 aliphatic heterocycles. The number of hydrogen-bond acceptors (Lipinski definition) is 4. The van der Waals surface area contributed by atoms with E-state index in [1.54, 1.807) is 7.05 Å². The zero-order valence-electron chi connectivity index (χ0n) is 15.5. The van der Waals surface area contributed by atoms with E-state index in [1.165, 1.54) is 18.4 Å². The summed E-state index contributed by atoms with van der Waals surface area (Å²) in [4.78, 5) is 25.8. The summed E-state index contributed by atoms with van der Waals surface area (Å²) in [6.45, 7) is 2.97. The van der Waals surface area contributed by atoms with Gasteiger partial charge in [0.25, 0.3) is 0 Å². The molecule has 1 fully saturated rings. The zero-order chi connectivity index (χ0) is 18.8. The highest BCUT2D eigenvalue weighted by molar-refractivity contribution is 6.30. The number of rotatable bonds is 2. The van der Waals surface area contributed by atoms with Crippen LogP contribution in [0.25, 0.3) is 11.4 Å². The van der Waals surface area contributed by atoms with Gasteiger partial charge in [-0.1, -0.05) is 23.7 Å². The summed E-state index contributed by atoms with van der Waals surface area (Å²) >= 11 is 6.18. The van der Waals surface area contributed by atoms with E-state index >= 15 is 0 Å². The van der Waals surface area contributed by atoms with Gasteiger partial charge in [-0.3, -0.25) is 0 Å². The van der Waals surface area contributed by atoms with Crippen LogP contribution < -0.4 is 10.2 Å². The van der Waals surface area contributed by atoms with Crippen molar-refractivity contribution < 1.29 is 4.79 Å². The molecular weight excluding hydrogens is 362 g/mol. The molecule has 1 aromatic heterocycles. The molecule has 6 nitrogen and oxygen atoms in total. The number of benzene rings is 1. The van der Waals surface area contributed by atoms with Gasteiger partial charge in [-0.2, -0.15) is 0 Å². The van der Waals surface area contributed by atoms with Crippen LogP contribution in [0.15, 0.2) is 24.3 Å². The Balaban J connectivity index is 1.67. The molecule has 1 N–H and O–H groups in total. The highest BCUT2D eigenvalue weighted by Gasteiger charge is 2.26. The molecule has 0 unspecified atom stereocenters. The van der Waals surface area contributed by atoms with Gasteiger partial charge in [0, 0.05) is 55.1 Å². The lowest BCUT2D eigenvalue weighted by molar-refractivity contribution is 0.196. The Bertz CT molecular complexity index is 848. The summed E-state index contributed by atoms with van der Waals surface area (Å²) < 4.78 is 0. The minimum Gasteiger partial charge on any atom is -0.353 e. The van der Waals surface area contributed by atoms with E-state index in [-0.39, 0.29) is 6.03 Å². The number of halogens is 1. The number of hydrogen-bond donors (Lipinski definition) is 1. The SMILES string of the molecule is CNC(=O)N1CCN(c2nc(-c3cccc(Cl)c3)nc3c2CCCC3)CC1. The summed E-state index contributed by atoms with van der Waals surface area (Å²) in [5, 5.41) is 3.39. The van der Waals surface area contributed by atoms with Gasteiger partial charge in [0.15, 0.2) is 5.82 Å². The first-order valence-corrected chi connectivity index (χ1v) is 9.91. The number of nitrogens with zero attached hydrogens (tertiary/aromatic N) is 4. The molecule has 7 heteroatoms. The Morgan fingerprint density at radius 2 is 1.89 bits per heavy atom. The third-order valence-corrected chi connectivity index (χ3v) is 5.56. The predicted molar refractivity (Wildman–Crippen MR) is 107 cm³/mol. The molecule has 0 saturated carbocycles. The predicted octanol–water partition coefficient (Wildman–Crippen LogP) is 3.14. The van der Waals surface area contributed by atoms with Crippen LogP contribution in [-0.2, 0) is 12.8 Å². The number of aryl methyl sites for hydroxylation is 1. The molecule has 1 aliphatic carbocycles. The summed E-state index contributed by atoms with van der Waals surface area (Å²) in [5.41, 5.74) is 3.39. The van der Waals surface area contributed by atoms with Crippen LogP contribution in [0, 0.1) is 0 Å². The van der Waals surface area contributed by atoms with E-state index in [1.807, 2.05) is 29.2 Å². The quantitative estimate of drug-likeness (QED) is 0.862. The molecule has 0 spiro atoms. The van der Waals surface area contributed by atoms with Crippen molar-refractivity contribution in [1.29, 1.82) is 0 Å². The number of anilines is 1. The summed E-state index contributed by atoms with van der Waals surface area (Å²) in [5.74, 6) is 1.77. The number of carbonyl (C=O) groups is 1. The van der Waals surface area contributed by atoms with E-state index in [0.29, 0.717) is 18.1 Å². The van der Waals surface area contributed by atoms with Crippen molar-refractivity contribution in [2.24, 2.45) is 0 Å². The molecule has 2 amide bonds. The lowest BCUT2D eigenvalue weighted by Crippen LogP contribution is -2.51. The van der Waals surface area contributed by atoms with Gasteiger partial charge in [-0.15, -0.1) is 0 Å². The van der Waals surface area contributed by atoms with Crippen molar-refractivity contribution in [2.45, 2.75) is 25.7 Å². The van der Waals surface area contributed by atoms with E-state index in [9.17, 15) is 4.79 Å². The zero-order valence-corrected chi connectivity index (χ0v) is 16.3. The van der Waals surface area contributed by atoms with E-state index < -0.39 is 0 Å². The van der Waals surface area contributed by atoms with Gasteiger partial charge < -0.3 is 15.1 Å². The molecule has 2 aromatic rings. The molecule has 1 aromatic carbocycles. The fourth-order valence-corrected chi connectivity index (χ4v) is 4.06. The maximum Gasteiger partial charge on any atom is 0.317 e. The molecular formula is C20H24ClN5O. The number of carbonyl (C=O) groups excluding carboxylic acids is 1. The third kappa shape index (κ3) is 3.72. The average molecular weight is 386 g/mol. The van der Waals surface area contributed by atoms with Crippen molar-refractivity contribution in [1.82, 2.24) is 20.2 Å². The van der Waals surface area contributed by atoms with Crippen LogP contribution in [0.3, 0.4) is 0 Å². The fourth-order valence-electron chi connectivity index (χ4n) is 3.87. The first-order chi connectivity index (χ1) is 13.2. The molecule has 4 rings (SSSR count). The molecule has 0 bridgehead atoms. The summed E-state index contributed by atoms with van der Waals surface area (Å²) in [6, 6.07) is 7.70. The molecule has 0 radical (unpaired) electrons. The minimum atomic E-state index is -0.0148. The van der Waals surface area contributed by atoms with Gasteiger partial charge in [-0.25, -0.2) is 14.8 Å². The van der Waals surface area contributed by atoms with Gasteiger partial charge in [0.2, 0.25) is 0 Å². The van der Waals surface area contributed by atoms with Crippen molar-refractivity contribution in [3.05, 3.63) is 40.5 Å². The van der Waals surface area contributed by atoms with Crippen molar-refractivity contribution in [3.8, 4) is 11.4 Å². The number of aromatic nitrogens is 2. The van der Waals surface area contributed by atoms with Gasteiger partial charge in [-0.05, 0) is 37.8 Å². The van der Waals surface area contributed by atoms with Crippen LogP contribution in [0.4, 0.5) is 10.6 Å². The highest BCUT2D eigenvalue weighted by Crippen LogP contribution is 2.31. The third-order valence-electron chi connectivity index (χ3n) is 5.32. The minimum absolute atomic E-state index is 0.0148. The second-order valence-corrected chi connectivity index (χ2v) is 7.48. The topological polar surface area (TPSA) is 61.4 Å². The van der Waals surface area contributed by atoms with Crippen molar-refractivity contribution in [3.63, 3.8) is 0 Å². The monoisotopic (exact) mass is 385 g/mol. The molecule has 1 saturated heterocycles. The lowest BCUT2D eigenvalue weighted by atomic mass is 9.95. The second-order valence-electron chi connectivity index (χ2n) is 7.04. The Kier molecular flexibility index (Phi) is 5.16. The van der Waals surface area contributed by atoms with Crippen LogP contribution in [-0.4, -0.2) is 54.1 Å². The lowest BCUT2D eigenvalue weighted by Gasteiger charge is -2.36. The summed E-state index contributed by atoms with van der Waals surface area (Å²) in [6.07, 6.45) is 4.37. The van der Waals surface area contributed by atoms with Gasteiger partial charge >= 0.3 is 6.03 Å². The standard InChI is InChI=1S/C20H24ClN5O/c1-22-20(27)26-11-9-25(10-12-26)19-16-7-2-3-8-17(16)23-18(24-19)14-5-4-6-15(21)13-14/h4-6,13H,2-3,7-12H2,1H3,(H,22,27). The Labute approximate surface area is 164 Å². The highest BCUT2D eigenvalue weighted by atomic mass is 35.5.